The van der Waals surface area contributed by atoms with Gasteiger partial charge in [0.1, 0.15) is 23.3 Å². The minimum absolute atomic E-state index is 0.0342. The van der Waals surface area contributed by atoms with Crippen molar-refractivity contribution in [1.82, 2.24) is 29.0 Å². The number of aromatic nitrogens is 5. The van der Waals surface area contributed by atoms with Crippen molar-refractivity contribution < 1.29 is 24.9 Å². The molecule has 0 bridgehead atoms. The average molecular weight is 558 g/mol. The van der Waals surface area contributed by atoms with Gasteiger partial charge in [-0.2, -0.15) is 5.10 Å². The minimum Gasteiger partial charge on any atom is -0.498 e. The number of nitrogens with zero attached hydrogens (tertiary/aromatic N) is 6. The van der Waals surface area contributed by atoms with Crippen molar-refractivity contribution in [2.24, 2.45) is 7.05 Å². The van der Waals surface area contributed by atoms with Crippen LogP contribution in [0.25, 0.3) is 16.6 Å². The van der Waals surface area contributed by atoms with Gasteiger partial charge in [-0.15, -0.1) is 0 Å². The zero-order chi connectivity index (χ0) is 29.3. The van der Waals surface area contributed by atoms with Crippen LogP contribution in [0.4, 0.5) is 11.5 Å². The molecule has 1 fully saturated rings. The van der Waals surface area contributed by atoms with Crippen LogP contribution < -0.4 is 10.1 Å². The van der Waals surface area contributed by atoms with Gasteiger partial charge in [-0.3, -0.25) is 4.79 Å². The Morgan fingerprint density at radius 1 is 1.05 bits per heavy atom. The highest BCUT2D eigenvalue weighted by Crippen LogP contribution is 2.35. The first-order chi connectivity index (χ1) is 19.8. The van der Waals surface area contributed by atoms with Crippen LogP contribution in [0.5, 0.6) is 11.5 Å². The van der Waals surface area contributed by atoms with E-state index in [2.05, 4.69) is 20.4 Å². The zero-order valence-electron chi connectivity index (χ0n) is 23.1. The minimum atomic E-state index is -1.39. The van der Waals surface area contributed by atoms with Crippen LogP contribution >= 0.6 is 0 Å². The fraction of sp³-hybridized carbons (Fsp3) is 0.241. The average Bonchev–Trinajstić information content (AvgIpc) is 3.54. The molecule has 41 heavy (non-hydrogen) atoms. The number of ether oxygens (including phenoxy) is 1. The number of imidazole rings is 1. The maximum Gasteiger partial charge on any atom is 0.324 e. The molecule has 3 aromatic heterocycles. The highest BCUT2D eigenvalue weighted by atomic mass is 16.5. The summed E-state index contributed by atoms with van der Waals surface area (Å²) < 4.78 is 9.80. The number of likely N-dealkylation sites (tertiary alicyclic amines) is 1. The Morgan fingerprint density at radius 3 is 2.56 bits per heavy atom. The molecule has 4 N–H and O–H groups in total. The highest BCUT2D eigenvalue weighted by molar-refractivity contribution is 5.92. The third kappa shape index (κ3) is 5.19. The number of carbonyl (C=O) groups excluding carboxylic acids is 1. The van der Waals surface area contributed by atoms with Gasteiger partial charge in [-0.1, -0.05) is 13.8 Å². The second-order valence-corrected chi connectivity index (χ2v) is 9.47. The first kappa shape index (κ1) is 27.3. The van der Waals surface area contributed by atoms with Crippen LogP contribution in [-0.2, 0) is 11.8 Å². The standard InChI is InChI=1S/C27H25N7O5.C2H6/c1-15-9-17(3-6-22(15)39-18-4-5-21-20(10-18)29-14-32(21)2)31-25-23-19(7-8-34(23)30-13-28-25)16-11-33(12-16)26(36)24(35)27(37)38;1-2/h3-10,13-14,16,35,37-38H,11-12H2,1-2H3,(H,28,30,31);1-2H3. The summed E-state index contributed by atoms with van der Waals surface area (Å²) >= 11 is 0. The van der Waals surface area contributed by atoms with Crippen LogP contribution in [0.2, 0.25) is 0 Å². The van der Waals surface area contributed by atoms with E-state index in [1.807, 2.05) is 81.0 Å². The van der Waals surface area contributed by atoms with E-state index in [0.717, 1.165) is 39.1 Å². The van der Waals surface area contributed by atoms with Crippen molar-refractivity contribution in [2.75, 3.05) is 18.4 Å². The zero-order valence-corrected chi connectivity index (χ0v) is 23.1. The van der Waals surface area contributed by atoms with Gasteiger partial charge in [0.25, 0.3) is 11.7 Å². The highest BCUT2D eigenvalue weighted by Gasteiger charge is 2.36. The molecule has 0 radical (unpaired) electrons. The molecule has 5 aromatic rings. The first-order valence-corrected chi connectivity index (χ1v) is 13.2. The van der Waals surface area contributed by atoms with Gasteiger partial charge in [0.2, 0.25) is 0 Å². The number of fused-ring (bicyclic) bond motifs is 2. The van der Waals surface area contributed by atoms with Crippen molar-refractivity contribution in [1.29, 1.82) is 0 Å². The van der Waals surface area contributed by atoms with Crippen molar-refractivity contribution in [2.45, 2.75) is 26.7 Å². The molecule has 0 saturated carbocycles. The number of carbonyl (C=O) groups is 1. The fourth-order valence-electron chi connectivity index (χ4n) is 4.77. The topological polar surface area (TPSA) is 150 Å². The summed E-state index contributed by atoms with van der Waals surface area (Å²) in [7, 11) is 1.95. The Morgan fingerprint density at radius 2 is 1.83 bits per heavy atom. The summed E-state index contributed by atoms with van der Waals surface area (Å²) in [6.45, 7) is 6.57. The third-order valence-electron chi connectivity index (χ3n) is 6.87. The molecule has 1 aliphatic heterocycles. The smallest absolute Gasteiger partial charge is 0.324 e. The fourth-order valence-corrected chi connectivity index (χ4v) is 4.77. The van der Waals surface area contributed by atoms with E-state index in [1.165, 1.54) is 11.2 Å². The van der Waals surface area contributed by atoms with Crippen molar-refractivity contribution in [3.8, 4) is 11.5 Å². The van der Waals surface area contributed by atoms with E-state index in [9.17, 15) is 9.90 Å². The first-order valence-electron chi connectivity index (χ1n) is 13.2. The summed E-state index contributed by atoms with van der Waals surface area (Å²) in [6.07, 6.45) is 5.05. The Kier molecular flexibility index (Phi) is 7.38. The van der Waals surface area contributed by atoms with E-state index >= 15 is 0 Å². The molecular weight excluding hydrogens is 526 g/mol. The second kappa shape index (κ2) is 11.1. The van der Waals surface area contributed by atoms with Gasteiger partial charge in [0, 0.05) is 44.0 Å². The number of aliphatic hydroxyl groups excluding tert-OH is 2. The van der Waals surface area contributed by atoms with Crippen LogP contribution in [-0.4, -0.2) is 63.4 Å². The third-order valence-corrected chi connectivity index (χ3v) is 6.87. The number of rotatable bonds is 6. The number of amides is 1. The molecule has 1 amide bonds. The van der Waals surface area contributed by atoms with Gasteiger partial charge < -0.3 is 34.8 Å². The molecule has 6 rings (SSSR count). The molecule has 0 atom stereocenters. The Labute approximate surface area is 235 Å². The number of aryl methyl sites for hydroxylation is 2. The molecule has 0 spiro atoms. The van der Waals surface area contributed by atoms with Crippen LogP contribution in [0.15, 0.2) is 73.0 Å². The molecule has 0 aliphatic carbocycles. The summed E-state index contributed by atoms with van der Waals surface area (Å²) in [4.78, 5) is 22.3. The summed E-state index contributed by atoms with van der Waals surface area (Å²) in [5.74, 6) is -1.31. The Hall–Kier alpha value is -5.26. The van der Waals surface area contributed by atoms with Crippen LogP contribution in [0, 0.1) is 6.92 Å². The largest absolute Gasteiger partial charge is 0.498 e. The number of anilines is 2. The molecule has 4 heterocycles. The van der Waals surface area contributed by atoms with Gasteiger partial charge >= 0.3 is 5.95 Å². The monoisotopic (exact) mass is 557 g/mol. The van der Waals surface area contributed by atoms with Crippen molar-refractivity contribution in [3.63, 3.8) is 0 Å². The predicted molar refractivity (Wildman–Crippen MR) is 154 cm³/mol. The SMILES string of the molecule is CC.Cc1cc(Nc2ncnn3ccc(C4CN(C(=O)C(O)=C(O)O)C4)c23)ccc1Oc1ccc2c(c1)ncn2C. The molecule has 12 heteroatoms. The second-order valence-electron chi connectivity index (χ2n) is 9.47. The van der Waals surface area contributed by atoms with Crippen LogP contribution in [0.1, 0.15) is 30.9 Å². The number of benzene rings is 2. The lowest BCUT2D eigenvalue weighted by atomic mass is 9.92. The van der Waals surface area contributed by atoms with E-state index in [4.69, 9.17) is 14.9 Å². The molecule has 1 saturated heterocycles. The number of aliphatic hydroxyl groups is 3. The molecule has 0 unspecified atom stereocenters. The van der Waals surface area contributed by atoms with E-state index < -0.39 is 17.6 Å². The maximum atomic E-state index is 12.1. The van der Waals surface area contributed by atoms with Gasteiger partial charge in [-0.05, 0) is 54.4 Å². The molecule has 12 nitrogen and oxygen atoms in total. The lowest BCUT2D eigenvalue weighted by Gasteiger charge is -2.38. The summed E-state index contributed by atoms with van der Waals surface area (Å²) in [5, 5.41) is 35.2. The Balaban J connectivity index is 0.00000165. The van der Waals surface area contributed by atoms with Crippen molar-refractivity contribution >= 4 is 34.0 Å². The molecule has 1 aliphatic rings. The lowest BCUT2D eigenvalue weighted by Crippen LogP contribution is -2.49. The number of nitrogens with one attached hydrogen (secondary N) is 1. The van der Waals surface area contributed by atoms with Gasteiger partial charge in [0.05, 0.1) is 17.4 Å². The molecule has 2 aromatic carbocycles. The predicted octanol–water partition coefficient (Wildman–Crippen LogP) is 5.26. The molecule has 212 valence electrons. The quantitative estimate of drug-likeness (QED) is 0.162. The number of hydrogen-bond acceptors (Lipinski definition) is 9. The van der Waals surface area contributed by atoms with E-state index in [0.29, 0.717) is 24.7 Å². The van der Waals surface area contributed by atoms with E-state index in [-0.39, 0.29) is 5.92 Å². The van der Waals surface area contributed by atoms with E-state index in [1.54, 1.807) is 10.8 Å². The van der Waals surface area contributed by atoms with Gasteiger partial charge in [-0.25, -0.2) is 14.5 Å². The maximum absolute atomic E-state index is 12.1. The Bertz CT molecular complexity index is 1760. The number of hydrogen-bond donors (Lipinski definition) is 4. The van der Waals surface area contributed by atoms with Crippen LogP contribution in [0.3, 0.4) is 0 Å². The molecular formula is C29H31N7O5. The summed E-state index contributed by atoms with van der Waals surface area (Å²) in [5.41, 5.74) is 5.32. The lowest BCUT2D eigenvalue weighted by molar-refractivity contribution is -0.135. The normalized spacial score (nSPS) is 12.9. The van der Waals surface area contributed by atoms with Gasteiger partial charge in [0.15, 0.2) is 5.82 Å². The summed E-state index contributed by atoms with van der Waals surface area (Å²) in [6, 6.07) is 13.5. The van der Waals surface area contributed by atoms with Crippen molar-refractivity contribution in [3.05, 3.63) is 84.1 Å².